The van der Waals surface area contributed by atoms with E-state index >= 15 is 0 Å². The summed E-state index contributed by atoms with van der Waals surface area (Å²) in [6.45, 7) is -0.0983. The molecule has 3 aromatic rings. The van der Waals surface area contributed by atoms with E-state index in [9.17, 15) is 22.8 Å². The summed E-state index contributed by atoms with van der Waals surface area (Å²) in [5.41, 5.74) is 13.0. The lowest BCUT2D eigenvalue weighted by Crippen LogP contribution is -2.45. The zero-order valence-corrected chi connectivity index (χ0v) is 19.4. The summed E-state index contributed by atoms with van der Waals surface area (Å²) < 4.78 is 47.7. The second-order valence-electron chi connectivity index (χ2n) is 8.49. The van der Waals surface area contributed by atoms with Crippen molar-refractivity contribution in [2.75, 3.05) is 25.9 Å². The second-order valence-corrected chi connectivity index (χ2v) is 8.49. The highest BCUT2D eigenvalue weighted by atomic mass is 19.3. The normalized spacial score (nSPS) is 16.9. The Morgan fingerprint density at radius 2 is 1.97 bits per heavy atom. The maximum absolute atomic E-state index is 13.9. The van der Waals surface area contributed by atoms with Crippen LogP contribution in [0.25, 0.3) is 11.3 Å². The Kier molecular flexibility index (Phi) is 6.88. The van der Waals surface area contributed by atoms with Gasteiger partial charge in [-0.25, -0.2) is 17.9 Å². The minimum Gasteiger partial charge on any atom is -0.496 e. The van der Waals surface area contributed by atoms with Crippen LogP contribution in [0.3, 0.4) is 0 Å². The summed E-state index contributed by atoms with van der Waals surface area (Å²) in [5, 5.41) is 9.71. The Morgan fingerprint density at radius 3 is 2.61 bits per heavy atom. The number of halogens is 3. The van der Waals surface area contributed by atoms with Crippen molar-refractivity contribution in [1.29, 1.82) is 0 Å². The lowest BCUT2D eigenvalue weighted by molar-refractivity contribution is -0.0377. The Hall–Kier alpha value is -4.06. The van der Waals surface area contributed by atoms with E-state index in [1.165, 1.54) is 23.9 Å². The molecule has 0 spiro atoms. The van der Waals surface area contributed by atoms with Crippen LogP contribution in [-0.2, 0) is 6.54 Å². The monoisotopic (exact) mass is 502 g/mol. The average molecular weight is 502 g/mol. The smallest absolute Gasteiger partial charge is 0.262 e. The maximum Gasteiger partial charge on any atom is 0.262 e. The highest BCUT2D eigenvalue weighted by Gasteiger charge is 2.39. The van der Waals surface area contributed by atoms with Crippen LogP contribution in [0.5, 0.6) is 5.75 Å². The van der Waals surface area contributed by atoms with Crippen LogP contribution in [0.15, 0.2) is 42.5 Å². The van der Waals surface area contributed by atoms with E-state index in [1.807, 2.05) is 0 Å². The van der Waals surface area contributed by atoms with E-state index in [4.69, 9.17) is 16.2 Å². The first-order valence-electron chi connectivity index (χ1n) is 11.1. The molecule has 1 aliphatic rings. The molecule has 2 heterocycles. The Bertz CT molecular complexity index is 1290. The number of nitrogens with two attached hydrogens (primary N) is 2. The number of nitrogens with zero attached hydrogens (tertiary/aromatic N) is 2. The number of ether oxygens (including phenoxy) is 1. The van der Waals surface area contributed by atoms with Gasteiger partial charge < -0.3 is 26.8 Å². The van der Waals surface area contributed by atoms with Crippen molar-refractivity contribution in [3.8, 4) is 17.0 Å². The number of anilines is 1. The molecule has 9 nitrogen and oxygen atoms in total. The summed E-state index contributed by atoms with van der Waals surface area (Å²) in [4.78, 5) is 24.6. The van der Waals surface area contributed by atoms with Gasteiger partial charge in [0.1, 0.15) is 28.6 Å². The van der Waals surface area contributed by atoms with Gasteiger partial charge in [0.25, 0.3) is 17.7 Å². The van der Waals surface area contributed by atoms with Crippen molar-refractivity contribution in [2.45, 2.75) is 24.9 Å². The van der Waals surface area contributed by atoms with Crippen molar-refractivity contribution < 1.29 is 27.5 Å². The number of hydrogen-bond donors (Lipinski definition) is 4. The van der Waals surface area contributed by atoms with Gasteiger partial charge in [0.15, 0.2) is 0 Å². The fraction of sp³-hybridized carbons (Fsp3) is 0.292. The number of nitrogens with one attached hydrogen (secondary N) is 2. The number of nitrogen functional groups attached to an aromatic ring is 1. The Morgan fingerprint density at radius 1 is 1.25 bits per heavy atom. The molecule has 1 aromatic heterocycles. The molecule has 0 aliphatic carbocycles. The van der Waals surface area contributed by atoms with Crippen LogP contribution >= 0.6 is 0 Å². The molecule has 4 rings (SSSR count). The largest absolute Gasteiger partial charge is 0.496 e. The Balaban J connectivity index is 1.54. The predicted molar refractivity (Wildman–Crippen MR) is 126 cm³/mol. The van der Waals surface area contributed by atoms with Crippen molar-refractivity contribution in [3.05, 3.63) is 65.0 Å². The molecule has 12 heteroatoms. The molecule has 1 aliphatic heterocycles. The molecule has 0 saturated carbocycles. The number of carbonyl (C=O) groups is 2. The van der Waals surface area contributed by atoms with Gasteiger partial charge in [0.05, 0.1) is 25.3 Å². The standard InChI is InChI=1S/C24H25F3N6O3/c1-36-18-7-6-15(25)8-17(18)23(35)31-10-13-2-4-14(5-3-13)20-19(22(29)34)21(28)33(32-20)16-9-24(26,27)12-30-11-16/h2-8,16,30H,9-12,28H2,1H3,(H2,29,34)(H,31,35). The van der Waals surface area contributed by atoms with Gasteiger partial charge in [-0.3, -0.25) is 9.59 Å². The van der Waals surface area contributed by atoms with E-state index in [0.29, 0.717) is 11.1 Å². The number of aromatic nitrogens is 2. The van der Waals surface area contributed by atoms with Crippen LogP contribution in [-0.4, -0.2) is 47.7 Å². The van der Waals surface area contributed by atoms with E-state index in [0.717, 1.165) is 6.07 Å². The summed E-state index contributed by atoms with van der Waals surface area (Å²) in [6, 6.07) is 9.57. The number of rotatable bonds is 7. The average Bonchev–Trinajstić information content (AvgIpc) is 3.19. The molecular weight excluding hydrogens is 477 g/mol. The third-order valence-corrected chi connectivity index (χ3v) is 5.92. The third kappa shape index (κ3) is 5.13. The molecule has 2 amide bonds. The summed E-state index contributed by atoms with van der Waals surface area (Å²) in [5.74, 6) is -4.69. The lowest BCUT2D eigenvalue weighted by atomic mass is 10.0. The number of carbonyl (C=O) groups excluding carboxylic acids is 2. The van der Waals surface area contributed by atoms with E-state index < -0.39 is 42.6 Å². The van der Waals surface area contributed by atoms with Gasteiger partial charge in [0, 0.05) is 25.1 Å². The molecule has 6 N–H and O–H groups in total. The van der Waals surface area contributed by atoms with Gasteiger partial charge in [-0.15, -0.1) is 0 Å². The number of amides is 2. The number of piperidine rings is 1. The van der Waals surface area contributed by atoms with Gasteiger partial charge in [-0.2, -0.15) is 5.10 Å². The summed E-state index contributed by atoms with van der Waals surface area (Å²) in [7, 11) is 1.38. The predicted octanol–water partition coefficient (Wildman–Crippen LogP) is 2.48. The molecule has 1 saturated heterocycles. The van der Waals surface area contributed by atoms with Gasteiger partial charge in [-0.1, -0.05) is 24.3 Å². The van der Waals surface area contributed by atoms with Gasteiger partial charge >= 0.3 is 0 Å². The zero-order chi connectivity index (χ0) is 26.0. The van der Waals surface area contributed by atoms with Crippen molar-refractivity contribution >= 4 is 17.6 Å². The van der Waals surface area contributed by atoms with Crippen LogP contribution in [0, 0.1) is 5.82 Å². The summed E-state index contributed by atoms with van der Waals surface area (Å²) in [6.07, 6.45) is -0.474. The van der Waals surface area contributed by atoms with Crippen molar-refractivity contribution in [2.24, 2.45) is 5.73 Å². The molecule has 1 unspecified atom stereocenters. The van der Waals surface area contributed by atoms with Crippen molar-refractivity contribution in [1.82, 2.24) is 20.4 Å². The lowest BCUT2D eigenvalue weighted by Gasteiger charge is -2.30. The van der Waals surface area contributed by atoms with E-state index in [-0.39, 0.29) is 41.5 Å². The Labute approximate surface area is 204 Å². The number of hydrogen-bond acceptors (Lipinski definition) is 6. The molecule has 0 bridgehead atoms. The van der Waals surface area contributed by atoms with Crippen LogP contribution in [0.4, 0.5) is 19.0 Å². The molecular formula is C24H25F3N6O3. The number of benzene rings is 2. The van der Waals surface area contributed by atoms with Crippen LogP contribution < -0.4 is 26.8 Å². The number of primary amides is 1. The highest BCUT2D eigenvalue weighted by molar-refractivity contribution is 6.03. The van der Waals surface area contributed by atoms with E-state index in [2.05, 4.69) is 15.7 Å². The molecule has 1 atom stereocenters. The fourth-order valence-corrected chi connectivity index (χ4v) is 4.17. The minimum atomic E-state index is -2.93. The number of methoxy groups -OCH3 is 1. The first-order valence-corrected chi connectivity index (χ1v) is 11.1. The topological polar surface area (TPSA) is 137 Å². The molecule has 0 radical (unpaired) electrons. The molecule has 2 aromatic carbocycles. The molecule has 190 valence electrons. The third-order valence-electron chi connectivity index (χ3n) is 5.92. The first kappa shape index (κ1) is 25.0. The minimum absolute atomic E-state index is 0.0526. The molecule has 36 heavy (non-hydrogen) atoms. The van der Waals surface area contributed by atoms with Crippen LogP contribution in [0.2, 0.25) is 0 Å². The summed E-state index contributed by atoms with van der Waals surface area (Å²) >= 11 is 0. The first-order chi connectivity index (χ1) is 17.1. The highest BCUT2D eigenvalue weighted by Crippen LogP contribution is 2.34. The maximum atomic E-state index is 13.9. The zero-order valence-electron chi connectivity index (χ0n) is 19.4. The second kappa shape index (κ2) is 9.90. The van der Waals surface area contributed by atoms with E-state index in [1.54, 1.807) is 24.3 Å². The SMILES string of the molecule is COc1ccc(F)cc1C(=O)NCc1ccc(-c2nn(C3CNCC(F)(F)C3)c(N)c2C(N)=O)cc1. The quantitative estimate of drug-likeness (QED) is 0.392. The van der Waals surface area contributed by atoms with Gasteiger partial charge in [-0.05, 0) is 23.8 Å². The van der Waals surface area contributed by atoms with Crippen molar-refractivity contribution in [3.63, 3.8) is 0 Å². The van der Waals surface area contributed by atoms with Gasteiger partial charge in [0.2, 0.25) is 0 Å². The van der Waals surface area contributed by atoms with Crippen LogP contribution in [0.1, 0.15) is 38.7 Å². The number of alkyl halides is 2. The molecule has 1 fully saturated rings. The fourth-order valence-electron chi connectivity index (χ4n) is 4.17.